The van der Waals surface area contributed by atoms with Gasteiger partial charge in [-0.3, -0.25) is 9.59 Å². The van der Waals surface area contributed by atoms with Gasteiger partial charge in [0.1, 0.15) is 11.4 Å². The highest BCUT2D eigenvalue weighted by atomic mass is 16.5. The third-order valence-electron chi connectivity index (χ3n) is 3.08. The molecule has 1 aromatic carbocycles. The summed E-state index contributed by atoms with van der Waals surface area (Å²) >= 11 is 0. The molecule has 1 N–H and O–H groups in total. The molecule has 1 amide bonds. The normalized spacial score (nSPS) is 14.1. The molecule has 3 rings (SSSR count). The highest BCUT2D eigenvalue weighted by molar-refractivity contribution is 6.05. The molecule has 1 aliphatic heterocycles. The van der Waals surface area contributed by atoms with E-state index in [1.807, 2.05) is 24.3 Å². The number of hydrogen-bond donors (Lipinski definition) is 1. The Kier molecular flexibility index (Phi) is 3.20. The fourth-order valence-corrected chi connectivity index (χ4v) is 2.14. The summed E-state index contributed by atoms with van der Waals surface area (Å²) in [6.45, 7) is 1.12. The monoisotopic (exact) mass is 271 g/mol. The number of para-hydroxylation sites is 2. The van der Waals surface area contributed by atoms with Crippen molar-refractivity contribution in [2.45, 2.75) is 6.42 Å². The second-order valence-corrected chi connectivity index (χ2v) is 4.43. The molecule has 0 atom stereocenters. The van der Waals surface area contributed by atoms with Gasteiger partial charge in [0, 0.05) is 12.6 Å². The number of nitrogens with one attached hydrogen (secondary N) is 1. The number of hydrogen-bond acceptors (Lipinski definition) is 4. The number of H-pyrrole nitrogens is 1. The molecular formula is C14H13N3O3. The number of ether oxygens (including phenoxy) is 1. The van der Waals surface area contributed by atoms with E-state index in [1.54, 1.807) is 4.90 Å². The van der Waals surface area contributed by atoms with Crippen LogP contribution in [0.15, 0.2) is 41.2 Å². The lowest BCUT2D eigenvalue weighted by Gasteiger charge is -2.20. The van der Waals surface area contributed by atoms with E-state index in [9.17, 15) is 9.59 Å². The summed E-state index contributed by atoms with van der Waals surface area (Å²) in [5.41, 5.74) is 0.602. The van der Waals surface area contributed by atoms with Crippen molar-refractivity contribution in [3.63, 3.8) is 0 Å². The molecule has 2 aromatic rings. The molecule has 102 valence electrons. The first-order valence-electron chi connectivity index (χ1n) is 6.35. The second-order valence-electron chi connectivity index (χ2n) is 4.43. The highest BCUT2D eigenvalue weighted by Gasteiger charge is 2.23. The molecule has 6 heteroatoms. The van der Waals surface area contributed by atoms with Gasteiger partial charge in [0.2, 0.25) is 0 Å². The van der Waals surface area contributed by atoms with E-state index in [4.69, 9.17) is 4.74 Å². The Bertz CT molecular complexity index is 676. The van der Waals surface area contributed by atoms with E-state index in [1.165, 1.54) is 12.1 Å². The van der Waals surface area contributed by atoms with Crippen LogP contribution in [0.3, 0.4) is 0 Å². The van der Waals surface area contributed by atoms with E-state index in [-0.39, 0.29) is 17.2 Å². The summed E-state index contributed by atoms with van der Waals surface area (Å²) in [5, 5.41) is 6.06. The maximum atomic E-state index is 12.5. The Morgan fingerprint density at radius 1 is 1.25 bits per heavy atom. The number of aromatic nitrogens is 2. The fraction of sp³-hybridized carbons (Fsp3) is 0.214. The molecule has 0 radical (unpaired) electrons. The summed E-state index contributed by atoms with van der Waals surface area (Å²) in [7, 11) is 0. The van der Waals surface area contributed by atoms with Crippen molar-refractivity contribution in [1.82, 2.24) is 10.2 Å². The van der Waals surface area contributed by atoms with Crippen molar-refractivity contribution in [3.8, 4) is 5.75 Å². The maximum absolute atomic E-state index is 12.5. The largest absolute Gasteiger partial charge is 0.491 e. The molecule has 1 aliphatic rings. The van der Waals surface area contributed by atoms with E-state index < -0.39 is 0 Å². The van der Waals surface area contributed by atoms with Gasteiger partial charge in [-0.05, 0) is 24.6 Å². The van der Waals surface area contributed by atoms with Crippen LogP contribution in [0, 0.1) is 0 Å². The molecular weight excluding hydrogens is 258 g/mol. The quantitative estimate of drug-likeness (QED) is 0.845. The van der Waals surface area contributed by atoms with E-state index in [0.717, 1.165) is 12.1 Å². The molecule has 0 fully saturated rings. The van der Waals surface area contributed by atoms with Crippen molar-refractivity contribution in [2.75, 3.05) is 18.1 Å². The van der Waals surface area contributed by atoms with Gasteiger partial charge < -0.3 is 9.64 Å². The van der Waals surface area contributed by atoms with E-state index >= 15 is 0 Å². The second kappa shape index (κ2) is 5.16. The predicted octanol–water partition coefficient (Wildman–Crippen LogP) is 1.20. The Labute approximate surface area is 115 Å². The van der Waals surface area contributed by atoms with Crippen molar-refractivity contribution < 1.29 is 9.53 Å². The zero-order valence-corrected chi connectivity index (χ0v) is 10.7. The standard InChI is InChI=1S/C14H13N3O3/c18-13-7-6-10(15-16-13)14(19)17-8-3-9-20-12-5-2-1-4-11(12)17/h1-2,4-7H,3,8-9H2,(H,16,18). The molecule has 0 spiro atoms. The van der Waals surface area contributed by atoms with E-state index in [0.29, 0.717) is 18.9 Å². The Morgan fingerprint density at radius 2 is 2.10 bits per heavy atom. The third kappa shape index (κ3) is 2.27. The van der Waals surface area contributed by atoms with Gasteiger partial charge in [0.25, 0.3) is 11.5 Å². The maximum Gasteiger partial charge on any atom is 0.278 e. The van der Waals surface area contributed by atoms with Gasteiger partial charge in [0.15, 0.2) is 0 Å². The molecule has 1 aromatic heterocycles. The smallest absolute Gasteiger partial charge is 0.278 e. The zero-order chi connectivity index (χ0) is 13.9. The first-order valence-corrected chi connectivity index (χ1v) is 6.35. The number of carbonyl (C=O) groups is 1. The Morgan fingerprint density at radius 3 is 2.90 bits per heavy atom. The number of rotatable bonds is 1. The highest BCUT2D eigenvalue weighted by Crippen LogP contribution is 2.31. The van der Waals surface area contributed by atoms with Crippen LogP contribution in [0.2, 0.25) is 0 Å². The van der Waals surface area contributed by atoms with Crippen molar-refractivity contribution in [2.24, 2.45) is 0 Å². The minimum Gasteiger partial charge on any atom is -0.491 e. The zero-order valence-electron chi connectivity index (χ0n) is 10.7. The van der Waals surface area contributed by atoms with Gasteiger partial charge in [-0.2, -0.15) is 5.10 Å². The molecule has 20 heavy (non-hydrogen) atoms. The van der Waals surface area contributed by atoms with Crippen LogP contribution >= 0.6 is 0 Å². The lowest BCUT2D eigenvalue weighted by molar-refractivity contribution is 0.0981. The van der Waals surface area contributed by atoms with Crippen molar-refractivity contribution >= 4 is 11.6 Å². The molecule has 0 bridgehead atoms. The number of fused-ring (bicyclic) bond motifs is 1. The minimum absolute atomic E-state index is 0.210. The lowest BCUT2D eigenvalue weighted by atomic mass is 10.2. The summed E-state index contributed by atoms with van der Waals surface area (Å²) in [4.78, 5) is 25.2. The lowest BCUT2D eigenvalue weighted by Crippen LogP contribution is -2.32. The number of anilines is 1. The van der Waals surface area contributed by atoms with Crippen molar-refractivity contribution in [3.05, 3.63) is 52.4 Å². The summed E-state index contributed by atoms with van der Waals surface area (Å²) in [6.07, 6.45) is 0.740. The predicted molar refractivity (Wildman–Crippen MR) is 73.1 cm³/mol. The van der Waals surface area contributed by atoms with Crippen LogP contribution in [-0.2, 0) is 0 Å². The summed E-state index contributed by atoms with van der Waals surface area (Å²) in [5.74, 6) is 0.432. The summed E-state index contributed by atoms with van der Waals surface area (Å²) in [6, 6.07) is 10.1. The first-order chi connectivity index (χ1) is 9.75. The number of benzene rings is 1. The molecule has 2 heterocycles. The molecule has 6 nitrogen and oxygen atoms in total. The third-order valence-corrected chi connectivity index (χ3v) is 3.08. The van der Waals surface area contributed by atoms with Crippen molar-refractivity contribution in [1.29, 1.82) is 0 Å². The Balaban J connectivity index is 1.99. The van der Waals surface area contributed by atoms with Crippen LogP contribution in [0.4, 0.5) is 5.69 Å². The van der Waals surface area contributed by atoms with Gasteiger partial charge >= 0.3 is 0 Å². The van der Waals surface area contributed by atoms with Crippen LogP contribution < -0.4 is 15.2 Å². The average Bonchev–Trinajstić information content (AvgIpc) is 2.69. The first kappa shape index (κ1) is 12.4. The number of nitrogens with zero attached hydrogens (tertiary/aromatic N) is 2. The molecule has 0 unspecified atom stereocenters. The van der Waals surface area contributed by atoms with Gasteiger partial charge in [-0.1, -0.05) is 12.1 Å². The van der Waals surface area contributed by atoms with Gasteiger partial charge in [-0.25, -0.2) is 5.10 Å². The topological polar surface area (TPSA) is 75.3 Å². The molecule has 0 saturated heterocycles. The number of carbonyl (C=O) groups excluding carboxylic acids is 1. The van der Waals surface area contributed by atoms with Gasteiger partial charge in [-0.15, -0.1) is 0 Å². The SMILES string of the molecule is O=C(c1ccc(=O)[nH]n1)N1CCCOc2ccccc21. The number of aromatic amines is 1. The minimum atomic E-state index is -0.332. The number of amides is 1. The van der Waals surface area contributed by atoms with Crippen LogP contribution in [-0.4, -0.2) is 29.3 Å². The van der Waals surface area contributed by atoms with Gasteiger partial charge in [0.05, 0.1) is 12.3 Å². The average molecular weight is 271 g/mol. The summed E-state index contributed by atoms with van der Waals surface area (Å²) < 4.78 is 5.61. The van der Waals surface area contributed by atoms with Crippen LogP contribution in [0.5, 0.6) is 5.75 Å². The molecule has 0 saturated carbocycles. The van der Waals surface area contributed by atoms with E-state index in [2.05, 4.69) is 10.2 Å². The van der Waals surface area contributed by atoms with Crippen LogP contribution in [0.1, 0.15) is 16.9 Å². The fourth-order valence-electron chi connectivity index (χ4n) is 2.14. The molecule has 0 aliphatic carbocycles. The van der Waals surface area contributed by atoms with Crippen LogP contribution in [0.25, 0.3) is 0 Å². The Hall–Kier alpha value is -2.63.